The molecule has 88 valence electrons. The van der Waals surface area contributed by atoms with E-state index in [-0.39, 0.29) is 5.69 Å². The summed E-state index contributed by atoms with van der Waals surface area (Å²) in [6, 6.07) is 7.47. The Morgan fingerprint density at radius 1 is 1.24 bits per heavy atom. The molecular formula is C13H14N2O2. The highest BCUT2D eigenvalue weighted by atomic mass is 16.4. The number of aromatic carboxylic acids is 1. The van der Waals surface area contributed by atoms with Crippen molar-refractivity contribution in [1.82, 2.24) is 9.78 Å². The van der Waals surface area contributed by atoms with Crippen LogP contribution in [0.25, 0.3) is 5.69 Å². The maximum absolute atomic E-state index is 11.1. The molecule has 1 aromatic heterocycles. The Labute approximate surface area is 99.5 Å². The minimum absolute atomic E-state index is 0.191. The lowest BCUT2D eigenvalue weighted by Crippen LogP contribution is -2.09. The maximum Gasteiger partial charge on any atom is 0.354 e. The zero-order valence-electron chi connectivity index (χ0n) is 10.1. The molecular weight excluding hydrogens is 216 g/mol. The zero-order chi connectivity index (χ0) is 12.6. The minimum Gasteiger partial charge on any atom is -0.477 e. The molecule has 0 saturated carbocycles. The molecule has 0 unspecified atom stereocenters. The van der Waals surface area contributed by atoms with Crippen LogP contribution in [0.1, 0.15) is 27.3 Å². The lowest BCUT2D eigenvalue weighted by molar-refractivity contribution is 0.0687. The van der Waals surface area contributed by atoms with Gasteiger partial charge in [0.05, 0.1) is 11.4 Å². The molecule has 0 aliphatic rings. The first-order chi connectivity index (χ1) is 7.99. The average molecular weight is 230 g/mol. The van der Waals surface area contributed by atoms with Gasteiger partial charge in [0.15, 0.2) is 5.69 Å². The Balaban J connectivity index is 2.67. The van der Waals surface area contributed by atoms with E-state index in [9.17, 15) is 4.79 Å². The van der Waals surface area contributed by atoms with Crippen molar-refractivity contribution in [3.8, 4) is 5.69 Å². The van der Waals surface area contributed by atoms with Crippen LogP contribution < -0.4 is 0 Å². The van der Waals surface area contributed by atoms with Crippen LogP contribution in [0.4, 0.5) is 0 Å². The van der Waals surface area contributed by atoms with Crippen LogP contribution in [0.5, 0.6) is 0 Å². The lowest BCUT2D eigenvalue weighted by atomic mass is 10.1. The maximum atomic E-state index is 11.1. The van der Waals surface area contributed by atoms with Crippen molar-refractivity contribution in [2.45, 2.75) is 20.8 Å². The molecule has 0 atom stereocenters. The predicted molar refractivity (Wildman–Crippen MR) is 64.7 cm³/mol. The van der Waals surface area contributed by atoms with Crippen molar-refractivity contribution in [3.05, 3.63) is 46.8 Å². The highest BCUT2D eigenvalue weighted by molar-refractivity contribution is 5.86. The molecule has 0 bridgehead atoms. The summed E-state index contributed by atoms with van der Waals surface area (Å²) in [6.45, 7) is 5.70. The first-order valence-corrected chi connectivity index (χ1v) is 5.36. The number of aromatic nitrogens is 2. The highest BCUT2D eigenvalue weighted by Crippen LogP contribution is 2.18. The minimum atomic E-state index is -0.966. The second-order valence-corrected chi connectivity index (χ2v) is 4.18. The van der Waals surface area contributed by atoms with Crippen molar-refractivity contribution < 1.29 is 9.90 Å². The van der Waals surface area contributed by atoms with E-state index >= 15 is 0 Å². The normalized spacial score (nSPS) is 10.5. The molecule has 0 saturated heterocycles. The monoisotopic (exact) mass is 230 g/mol. The summed E-state index contributed by atoms with van der Waals surface area (Å²) in [4.78, 5) is 11.1. The fourth-order valence-electron chi connectivity index (χ4n) is 1.78. The fraction of sp³-hybridized carbons (Fsp3) is 0.231. The number of hydrogen-bond donors (Lipinski definition) is 1. The van der Waals surface area contributed by atoms with Gasteiger partial charge in [0, 0.05) is 0 Å². The number of aryl methyl sites for hydroxylation is 3. The van der Waals surface area contributed by atoms with E-state index in [0.717, 1.165) is 16.8 Å². The molecule has 0 fully saturated rings. The summed E-state index contributed by atoms with van der Waals surface area (Å²) in [6.07, 6.45) is 0. The standard InChI is InChI=1S/C13H14N2O2/c1-8-4-5-9(2)11(6-8)15-12(13(16)17)7-10(3)14-15/h4-7H,1-3H3,(H,16,17). The summed E-state index contributed by atoms with van der Waals surface area (Å²) in [5.41, 5.74) is 3.78. The predicted octanol–water partition coefficient (Wildman–Crippen LogP) is 2.50. The first kappa shape index (κ1) is 11.4. The number of carbonyl (C=O) groups is 1. The Bertz CT molecular complexity index is 585. The van der Waals surface area contributed by atoms with Crippen molar-refractivity contribution in [1.29, 1.82) is 0 Å². The van der Waals surface area contributed by atoms with Crippen molar-refractivity contribution >= 4 is 5.97 Å². The van der Waals surface area contributed by atoms with Gasteiger partial charge in [0.25, 0.3) is 0 Å². The third-order valence-electron chi connectivity index (χ3n) is 2.64. The average Bonchev–Trinajstić information content (AvgIpc) is 2.64. The molecule has 17 heavy (non-hydrogen) atoms. The van der Waals surface area contributed by atoms with Crippen molar-refractivity contribution in [3.63, 3.8) is 0 Å². The topological polar surface area (TPSA) is 55.1 Å². The molecule has 0 radical (unpaired) electrons. The van der Waals surface area contributed by atoms with Crippen molar-refractivity contribution in [2.75, 3.05) is 0 Å². The molecule has 1 heterocycles. The molecule has 4 nitrogen and oxygen atoms in total. The molecule has 2 aromatic rings. The number of carboxylic acids is 1. The number of rotatable bonds is 2. The van der Waals surface area contributed by atoms with Gasteiger partial charge in [-0.3, -0.25) is 0 Å². The smallest absolute Gasteiger partial charge is 0.354 e. The Hall–Kier alpha value is -2.10. The number of carboxylic acid groups (broad SMARTS) is 1. The van der Waals surface area contributed by atoms with E-state index in [1.807, 2.05) is 32.0 Å². The third kappa shape index (κ3) is 2.06. The molecule has 1 N–H and O–H groups in total. The van der Waals surface area contributed by atoms with E-state index in [4.69, 9.17) is 5.11 Å². The van der Waals surface area contributed by atoms with Gasteiger partial charge in [-0.2, -0.15) is 5.10 Å². The van der Waals surface area contributed by atoms with E-state index in [2.05, 4.69) is 5.10 Å². The van der Waals surface area contributed by atoms with E-state index in [0.29, 0.717) is 5.69 Å². The van der Waals surface area contributed by atoms with Gasteiger partial charge in [0.2, 0.25) is 0 Å². The van der Waals surface area contributed by atoms with Crippen molar-refractivity contribution in [2.24, 2.45) is 0 Å². The van der Waals surface area contributed by atoms with E-state index in [1.54, 1.807) is 13.0 Å². The fourth-order valence-corrected chi connectivity index (χ4v) is 1.78. The van der Waals surface area contributed by atoms with Crippen LogP contribution in [-0.2, 0) is 0 Å². The number of benzene rings is 1. The SMILES string of the molecule is Cc1ccc(C)c(-n2nc(C)cc2C(=O)O)c1. The summed E-state index contributed by atoms with van der Waals surface area (Å²) < 4.78 is 1.49. The van der Waals surface area contributed by atoms with Gasteiger partial charge in [-0.25, -0.2) is 9.48 Å². The molecule has 0 aliphatic carbocycles. The number of nitrogens with zero attached hydrogens (tertiary/aromatic N) is 2. The van der Waals surface area contributed by atoms with Gasteiger partial charge < -0.3 is 5.11 Å². The van der Waals surface area contributed by atoms with Crippen LogP contribution in [-0.4, -0.2) is 20.9 Å². The van der Waals surface area contributed by atoms with Gasteiger partial charge in [0.1, 0.15) is 0 Å². The van der Waals surface area contributed by atoms with Crippen LogP contribution in [0, 0.1) is 20.8 Å². The van der Waals surface area contributed by atoms with Crippen LogP contribution in [0.2, 0.25) is 0 Å². The Morgan fingerprint density at radius 2 is 1.94 bits per heavy atom. The Kier molecular flexibility index (Phi) is 2.71. The molecule has 4 heteroatoms. The largest absolute Gasteiger partial charge is 0.477 e. The third-order valence-corrected chi connectivity index (χ3v) is 2.64. The summed E-state index contributed by atoms with van der Waals surface area (Å²) >= 11 is 0. The first-order valence-electron chi connectivity index (χ1n) is 5.36. The zero-order valence-corrected chi connectivity index (χ0v) is 10.1. The summed E-state index contributed by atoms with van der Waals surface area (Å²) in [7, 11) is 0. The lowest BCUT2D eigenvalue weighted by Gasteiger charge is -2.09. The van der Waals surface area contributed by atoms with Crippen LogP contribution >= 0.6 is 0 Å². The van der Waals surface area contributed by atoms with E-state index in [1.165, 1.54) is 4.68 Å². The van der Waals surface area contributed by atoms with Gasteiger partial charge in [-0.15, -0.1) is 0 Å². The van der Waals surface area contributed by atoms with Gasteiger partial charge >= 0.3 is 5.97 Å². The van der Waals surface area contributed by atoms with E-state index < -0.39 is 5.97 Å². The number of hydrogen-bond acceptors (Lipinski definition) is 2. The Morgan fingerprint density at radius 3 is 2.59 bits per heavy atom. The molecule has 1 aromatic carbocycles. The van der Waals surface area contributed by atoms with Gasteiger partial charge in [-0.05, 0) is 44.0 Å². The molecule has 0 amide bonds. The van der Waals surface area contributed by atoms with Crippen LogP contribution in [0.3, 0.4) is 0 Å². The highest BCUT2D eigenvalue weighted by Gasteiger charge is 2.15. The summed E-state index contributed by atoms with van der Waals surface area (Å²) in [5.74, 6) is -0.966. The second-order valence-electron chi connectivity index (χ2n) is 4.18. The summed E-state index contributed by atoms with van der Waals surface area (Å²) in [5, 5.41) is 13.4. The quantitative estimate of drug-likeness (QED) is 0.862. The van der Waals surface area contributed by atoms with Crippen LogP contribution in [0.15, 0.2) is 24.3 Å². The molecule has 2 rings (SSSR count). The molecule has 0 spiro atoms. The second kappa shape index (κ2) is 4.05. The van der Waals surface area contributed by atoms with Gasteiger partial charge in [-0.1, -0.05) is 12.1 Å². The molecule has 0 aliphatic heterocycles.